The Balaban J connectivity index is 2.35. The number of fused-ring (bicyclic) bond motifs is 1. The van der Waals surface area contributed by atoms with E-state index in [9.17, 15) is 0 Å². The summed E-state index contributed by atoms with van der Waals surface area (Å²) in [6.45, 7) is 2.10. The minimum atomic E-state index is 0.728. The van der Waals surface area contributed by atoms with Crippen LogP contribution in [0.25, 0.3) is 16.7 Å². The van der Waals surface area contributed by atoms with Gasteiger partial charge in [0.05, 0.1) is 11.0 Å². The molecule has 3 aromatic rings. The Kier molecular flexibility index (Phi) is 2.80. The van der Waals surface area contributed by atoms with Gasteiger partial charge in [0.2, 0.25) is 0 Å². The summed E-state index contributed by atoms with van der Waals surface area (Å²) in [4.78, 5) is 4.64. The number of imidazole rings is 1. The Labute approximate surface area is 111 Å². The van der Waals surface area contributed by atoms with Crippen molar-refractivity contribution in [3.8, 4) is 5.69 Å². The van der Waals surface area contributed by atoms with E-state index in [2.05, 4.69) is 28.6 Å². The number of nitrogens with zero attached hydrogens (tertiary/aromatic N) is 2. The maximum absolute atomic E-state index is 6.08. The summed E-state index contributed by atoms with van der Waals surface area (Å²) in [5.41, 5.74) is 3.08. The van der Waals surface area contributed by atoms with E-state index >= 15 is 0 Å². The molecule has 2 nitrogen and oxygen atoms in total. The summed E-state index contributed by atoms with van der Waals surface area (Å²) in [5.74, 6) is 1.03. The Hall–Kier alpha value is -1.80. The molecule has 0 saturated carbocycles. The number of hydrogen-bond acceptors (Lipinski definition) is 1. The predicted molar refractivity (Wildman–Crippen MR) is 74.3 cm³/mol. The van der Waals surface area contributed by atoms with E-state index in [1.807, 2.05) is 36.4 Å². The number of aromatic nitrogens is 2. The lowest BCUT2D eigenvalue weighted by molar-refractivity contribution is 0.908. The minimum Gasteiger partial charge on any atom is -0.296 e. The van der Waals surface area contributed by atoms with Crippen molar-refractivity contribution in [1.82, 2.24) is 9.55 Å². The van der Waals surface area contributed by atoms with Crippen LogP contribution >= 0.6 is 11.6 Å². The lowest BCUT2D eigenvalue weighted by atomic mass is 10.2. The van der Waals surface area contributed by atoms with E-state index in [0.717, 1.165) is 34.0 Å². The molecule has 3 rings (SSSR count). The highest BCUT2D eigenvalue weighted by atomic mass is 35.5. The van der Waals surface area contributed by atoms with E-state index in [0.29, 0.717) is 0 Å². The van der Waals surface area contributed by atoms with Gasteiger partial charge in [0, 0.05) is 17.1 Å². The molecule has 0 fully saturated rings. The lowest BCUT2D eigenvalue weighted by Gasteiger charge is -2.07. The average molecular weight is 256 g/mol. The average Bonchev–Trinajstić information content (AvgIpc) is 2.77. The molecule has 3 heteroatoms. The highest BCUT2D eigenvalue weighted by molar-refractivity contribution is 6.31. The molecule has 0 bridgehead atoms. The van der Waals surface area contributed by atoms with Gasteiger partial charge in [0.15, 0.2) is 0 Å². The van der Waals surface area contributed by atoms with E-state index in [4.69, 9.17) is 11.6 Å². The summed E-state index contributed by atoms with van der Waals surface area (Å²) >= 11 is 6.08. The zero-order valence-corrected chi connectivity index (χ0v) is 10.8. The van der Waals surface area contributed by atoms with Crippen molar-refractivity contribution in [3.63, 3.8) is 0 Å². The third-order valence-electron chi connectivity index (χ3n) is 2.95. The third-order valence-corrected chi connectivity index (χ3v) is 3.19. The van der Waals surface area contributed by atoms with Gasteiger partial charge in [-0.1, -0.05) is 30.7 Å². The second kappa shape index (κ2) is 4.46. The molecule has 0 saturated heterocycles. The van der Waals surface area contributed by atoms with Crippen molar-refractivity contribution < 1.29 is 0 Å². The van der Waals surface area contributed by atoms with Crippen LogP contribution in [0.5, 0.6) is 0 Å². The fourth-order valence-corrected chi connectivity index (χ4v) is 2.31. The first-order chi connectivity index (χ1) is 8.79. The highest BCUT2D eigenvalue weighted by Gasteiger charge is 2.10. The van der Waals surface area contributed by atoms with Crippen LogP contribution in [0, 0.1) is 6.07 Å². The highest BCUT2D eigenvalue weighted by Crippen LogP contribution is 2.24. The number of rotatable bonds is 2. The molecule has 0 amide bonds. The lowest BCUT2D eigenvalue weighted by Crippen LogP contribution is -1.99. The summed E-state index contributed by atoms with van der Waals surface area (Å²) in [6, 6.07) is 16.8. The monoisotopic (exact) mass is 255 g/mol. The number of benzene rings is 2. The van der Waals surface area contributed by atoms with E-state index in [-0.39, 0.29) is 0 Å². The number of hydrogen-bond donors (Lipinski definition) is 0. The van der Waals surface area contributed by atoms with Gasteiger partial charge in [-0.2, -0.15) is 0 Å². The van der Waals surface area contributed by atoms with Gasteiger partial charge >= 0.3 is 0 Å². The van der Waals surface area contributed by atoms with Crippen LogP contribution in [0.1, 0.15) is 12.7 Å². The van der Waals surface area contributed by atoms with Crippen LogP contribution in [-0.2, 0) is 6.42 Å². The van der Waals surface area contributed by atoms with Gasteiger partial charge in [0.1, 0.15) is 5.82 Å². The summed E-state index contributed by atoms with van der Waals surface area (Å²) in [5, 5.41) is 0.728. The summed E-state index contributed by atoms with van der Waals surface area (Å²) < 4.78 is 2.14. The molecule has 18 heavy (non-hydrogen) atoms. The van der Waals surface area contributed by atoms with Crippen LogP contribution in [0.2, 0.25) is 5.02 Å². The molecule has 0 aliphatic heterocycles. The van der Waals surface area contributed by atoms with Gasteiger partial charge in [-0.05, 0) is 36.4 Å². The largest absolute Gasteiger partial charge is 0.296 e. The second-order valence-corrected chi connectivity index (χ2v) is 4.55. The first-order valence-corrected chi connectivity index (χ1v) is 6.31. The van der Waals surface area contributed by atoms with Crippen molar-refractivity contribution >= 4 is 22.6 Å². The van der Waals surface area contributed by atoms with Crippen LogP contribution in [0.15, 0.2) is 42.5 Å². The SMILES string of the molecule is CCc1nc2ccc(Cl)cc2n1-c1c[c]ccc1. The fourth-order valence-electron chi connectivity index (χ4n) is 2.15. The van der Waals surface area contributed by atoms with Crippen molar-refractivity contribution in [2.24, 2.45) is 0 Å². The standard InChI is InChI=1S/C15H12ClN2/c1-2-15-17-13-9-8-11(16)10-14(13)18(15)12-6-4-3-5-7-12/h3-4,6-10H,2H2,1H3. The summed E-state index contributed by atoms with van der Waals surface area (Å²) in [6.07, 6.45) is 0.876. The van der Waals surface area contributed by atoms with E-state index in [1.54, 1.807) is 0 Å². The molecule has 89 valence electrons. The van der Waals surface area contributed by atoms with E-state index in [1.165, 1.54) is 0 Å². The molecular formula is C15H12ClN2. The van der Waals surface area contributed by atoms with Crippen LogP contribution in [0.3, 0.4) is 0 Å². The number of aryl methyl sites for hydroxylation is 1. The molecular weight excluding hydrogens is 244 g/mol. The van der Waals surface area contributed by atoms with Gasteiger partial charge in [0.25, 0.3) is 0 Å². The Morgan fingerprint density at radius 1 is 1.33 bits per heavy atom. The maximum Gasteiger partial charge on any atom is 0.114 e. The molecule has 0 spiro atoms. The molecule has 0 aliphatic carbocycles. The first-order valence-electron chi connectivity index (χ1n) is 5.93. The zero-order valence-electron chi connectivity index (χ0n) is 10.0. The smallest absolute Gasteiger partial charge is 0.114 e. The molecule has 0 unspecified atom stereocenters. The molecule has 1 radical (unpaired) electrons. The third kappa shape index (κ3) is 1.79. The van der Waals surface area contributed by atoms with E-state index < -0.39 is 0 Å². The quantitative estimate of drug-likeness (QED) is 0.676. The van der Waals surface area contributed by atoms with Crippen LogP contribution < -0.4 is 0 Å². The fraction of sp³-hybridized carbons (Fsp3) is 0.133. The molecule has 0 aliphatic rings. The molecule has 2 aromatic carbocycles. The summed E-state index contributed by atoms with van der Waals surface area (Å²) in [7, 11) is 0. The Morgan fingerprint density at radius 3 is 2.94 bits per heavy atom. The number of halogens is 1. The van der Waals surface area contributed by atoms with Crippen molar-refractivity contribution in [1.29, 1.82) is 0 Å². The van der Waals surface area contributed by atoms with Gasteiger partial charge in [-0.25, -0.2) is 4.98 Å². The zero-order chi connectivity index (χ0) is 12.5. The molecule has 0 atom stereocenters. The second-order valence-electron chi connectivity index (χ2n) is 4.11. The molecule has 1 aromatic heterocycles. The van der Waals surface area contributed by atoms with Crippen LogP contribution in [-0.4, -0.2) is 9.55 Å². The van der Waals surface area contributed by atoms with Crippen LogP contribution in [0.4, 0.5) is 0 Å². The van der Waals surface area contributed by atoms with Crippen molar-refractivity contribution in [3.05, 3.63) is 59.4 Å². The maximum atomic E-state index is 6.08. The minimum absolute atomic E-state index is 0.728. The van der Waals surface area contributed by atoms with Gasteiger partial charge < -0.3 is 0 Å². The normalized spacial score (nSPS) is 11.0. The first kappa shape index (κ1) is 11.3. The Bertz CT molecular complexity index is 686. The van der Waals surface area contributed by atoms with Gasteiger partial charge in [-0.3, -0.25) is 4.57 Å². The topological polar surface area (TPSA) is 17.8 Å². The molecule has 0 N–H and O–H groups in total. The Morgan fingerprint density at radius 2 is 2.22 bits per heavy atom. The van der Waals surface area contributed by atoms with Crippen molar-refractivity contribution in [2.75, 3.05) is 0 Å². The van der Waals surface area contributed by atoms with Crippen molar-refractivity contribution in [2.45, 2.75) is 13.3 Å². The van der Waals surface area contributed by atoms with Gasteiger partial charge in [-0.15, -0.1) is 0 Å². The molecule has 1 heterocycles. The predicted octanol–water partition coefficient (Wildman–Crippen LogP) is 4.04.